The summed E-state index contributed by atoms with van der Waals surface area (Å²) >= 11 is 5.96. The summed E-state index contributed by atoms with van der Waals surface area (Å²) in [6, 6.07) is 9.71. The molecule has 0 saturated heterocycles. The van der Waals surface area contributed by atoms with Crippen LogP contribution in [-0.4, -0.2) is 26.1 Å². The molecule has 0 aliphatic carbocycles. The van der Waals surface area contributed by atoms with Crippen molar-refractivity contribution in [2.45, 2.75) is 20.3 Å². The van der Waals surface area contributed by atoms with Crippen LogP contribution in [0.15, 0.2) is 36.4 Å². The van der Waals surface area contributed by atoms with Crippen molar-refractivity contribution in [3.05, 3.63) is 64.2 Å². The Morgan fingerprint density at radius 1 is 1.28 bits per heavy atom. The highest BCUT2D eigenvalue weighted by molar-refractivity contribution is 6.31. The first-order chi connectivity index (χ1) is 12.0. The van der Waals surface area contributed by atoms with E-state index in [4.69, 9.17) is 11.6 Å². The Balaban J connectivity index is 1.82. The molecule has 1 N–H and O–H groups in total. The van der Waals surface area contributed by atoms with E-state index in [1.54, 1.807) is 29.8 Å². The maximum absolute atomic E-state index is 13.8. The molecule has 0 unspecified atom stereocenters. The number of hydrogen-bond acceptors (Lipinski definition) is 4. The van der Waals surface area contributed by atoms with Crippen LogP contribution >= 0.6 is 11.6 Å². The highest BCUT2D eigenvalue weighted by Crippen LogP contribution is 2.22. The molecule has 1 amide bonds. The van der Waals surface area contributed by atoms with Crippen LogP contribution in [0.1, 0.15) is 17.0 Å². The SMILES string of the molecule is Cc1ccc(NC(=O)Cc2c(F)cccc2Cl)cc1-n1nnnc1C. The van der Waals surface area contributed by atoms with Crippen molar-refractivity contribution in [2.24, 2.45) is 0 Å². The fourth-order valence-electron chi connectivity index (χ4n) is 2.44. The number of aryl methyl sites for hydroxylation is 2. The molecule has 3 rings (SSSR count). The van der Waals surface area contributed by atoms with Gasteiger partial charge in [0.2, 0.25) is 5.91 Å². The molecule has 8 heteroatoms. The van der Waals surface area contributed by atoms with Gasteiger partial charge in [-0.05, 0) is 54.1 Å². The van der Waals surface area contributed by atoms with Crippen molar-refractivity contribution < 1.29 is 9.18 Å². The van der Waals surface area contributed by atoms with Crippen molar-refractivity contribution in [1.82, 2.24) is 20.2 Å². The van der Waals surface area contributed by atoms with E-state index in [2.05, 4.69) is 20.8 Å². The highest BCUT2D eigenvalue weighted by atomic mass is 35.5. The van der Waals surface area contributed by atoms with Gasteiger partial charge in [0, 0.05) is 16.3 Å². The monoisotopic (exact) mass is 359 g/mol. The Bertz CT molecular complexity index is 920. The Kier molecular flexibility index (Phi) is 4.76. The molecule has 1 aromatic heterocycles. The molecular formula is C17H15ClFN5O. The maximum atomic E-state index is 13.8. The maximum Gasteiger partial charge on any atom is 0.228 e. The number of anilines is 1. The number of carbonyl (C=O) groups excluding carboxylic acids is 1. The Morgan fingerprint density at radius 3 is 2.76 bits per heavy atom. The van der Waals surface area contributed by atoms with Crippen molar-refractivity contribution >= 4 is 23.2 Å². The number of aromatic nitrogens is 4. The van der Waals surface area contributed by atoms with Gasteiger partial charge in [-0.3, -0.25) is 4.79 Å². The minimum atomic E-state index is -0.503. The van der Waals surface area contributed by atoms with Crippen LogP contribution in [0.5, 0.6) is 0 Å². The summed E-state index contributed by atoms with van der Waals surface area (Å²) in [5.41, 5.74) is 2.44. The van der Waals surface area contributed by atoms with Gasteiger partial charge in [-0.2, -0.15) is 4.68 Å². The van der Waals surface area contributed by atoms with Crippen LogP contribution in [0.4, 0.5) is 10.1 Å². The minimum absolute atomic E-state index is 0.154. The van der Waals surface area contributed by atoms with Gasteiger partial charge >= 0.3 is 0 Å². The topological polar surface area (TPSA) is 72.7 Å². The lowest BCUT2D eigenvalue weighted by molar-refractivity contribution is -0.115. The van der Waals surface area contributed by atoms with E-state index in [0.29, 0.717) is 11.5 Å². The molecule has 0 saturated carbocycles. The first kappa shape index (κ1) is 17.0. The molecule has 128 valence electrons. The van der Waals surface area contributed by atoms with Crippen LogP contribution in [0.2, 0.25) is 5.02 Å². The smallest absolute Gasteiger partial charge is 0.228 e. The van der Waals surface area contributed by atoms with Crippen molar-refractivity contribution in [2.75, 3.05) is 5.32 Å². The number of amides is 1. The third kappa shape index (κ3) is 3.66. The summed E-state index contributed by atoms with van der Waals surface area (Å²) in [7, 11) is 0. The summed E-state index contributed by atoms with van der Waals surface area (Å²) in [5.74, 6) is -0.239. The van der Waals surface area contributed by atoms with Crippen LogP contribution in [0.3, 0.4) is 0 Å². The Labute approximate surface area is 148 Å². The number of rotatable bonds is 4. The number of nitrogens with zero attached hydrogens (tertiary/aromatic N) is 4. The van der Waals surface area contributed by atoms with Gasteiger partial charge in [0.15, 0.2) is 5.82 Å². The van der Waals surface area contributed by atoms with Crippen molar-refractivity contribution in [3.63, 3.8) is 0 Å². The number of halogens is 2. The van der Waals surface area contributed by atoms with Gasteiger partial charge in [-0.15, -0.1) is 5.10 Å². The third-order valence-electron chi connectivity index (χ3n) is 3.75. The second-order valence-corrected chi connectivity index (χ2v) is 5.97. The predicted octanol–water partition coefficient (Wildman–Crippen LogP) is 3.25. The molecule has 2 aromatic carbocycles. The van der Waals surface area contributed by atoms with Gasteiger partial charge in [0.1, 0.15) is 5.82 Å². The number of carbonyl (C=O) groups is 1. The largest absolute Gasteiger partial charge is 0.326 e. The van der Waals surface area contributed by atoms with E-state index < -0.39 is 5.82 Å². The third-order valence-corrected chi connectivity index (χ3v) is 4.10. The molecule has 0 atom stereocenters. The first-order valence-corrected chi connectivity index (χ1v) is 7.92. The fourth-order valence-corrected chi connectivity index (χ4v) is 2.67. The number of hydrogen-bond donors (Lipinski definition) is 1. The van der Waals surface area contributed by atoms with Gasteiger partial charge in [0.05, 0.1) is 12.1 Å². The van der Waals surface area contributed by atoms with E-state index in [1.807, 2.05) is 13.0 Å². The Hall–Kier alpha value is -2.80. The van der Waals surface area contributed by atoms with E-state index in [9.17, 15) is 9.18 Å². The average molecular weight is 360 g/mol. The lowest BCUT2D eigenvalue weighted by Gasteiger charge is -2.11. The van der Waals surface area contributed by atoms with E-state index in [1.165, 1.54) is 12.1 Å². The van der Waals surface area contributed by atoms with Gasteiger partial charge < -0.3 is 5.32 Å². The second-order valence-electron chi connectivity index (χ2n) is 5.56. The molecule has 3 aromatic rings. The second kappa shape index (κ2) is 6.98. The fraction of sp³-hybridized carbons (Fsp3) is 0.176. The standard InChI is InChI=1S/C17H15ClFN5O/c1-10-6-7-12(8-16(10)24-11(2)21-22-23-24)20-17(25)9-13-14(18)4-3-5-15(13)19/h3-8H,9H2,1-2H3,(H,20,25). The van der Waals surface area contributed by atoms with Gasteiger partial charge in [-0.1, -0.05) is 23.7 Å². The summed E-state index contributed by atoms with van der Waals surface area (Å²) in [6.45, 7) is 3.70. The number of tetrazole rings is 1. The zero-order chi connectivity index (χ0) is 18.0. The van der Waals surface area contributed by atoms with Gasteiger partial charge in [0.25, 0.3) is 0 Å². The molecule has 1 heterocycles. The molecule has 0 spiro atoms. The predicted molar refractivity (Wildman–Crippen MR) is 92.4 cm³/mol. The minimum Gasteiger partial charge on any atom is -0.326 e. The normalized spacial score (nSPS) is 10.7. The highest BCUT2D eigenvalue weighted by Gasteiger charge is 2.13. The summed E-state index contributed by atoms with van der Waals surface area (Å²) in [4.78, 5) is 12.3. The average Bonchev–Trinajstić information content (AvgIpc) is 2.99. The van der Waals surface area contributed by atoms with Crippen molar-refractivity contribution in [3.8, 4) is 5.69 Å². The molecule has 0 radical (unpaired) electrons. The van der Waals surface area contributed by atoms with E-state index >= 15 is 0 Å². The van der Waals surface area contributed by atoms with Crippen molar-refractivity contribution in [1.29, 1.82) is 0 Å². The summed E-state index contributed by atoms with van der Waals surface area (Å²) in [5, 5.41) is 14.4. The number of nitrogens with one attached hydrogen (secondary N) is 1. The van der Waals surface area contributed by atoms with E-state index in [-0.39, 0.29) is 22.9 Å². The molecule has 0 aliphatic rings. The van der Waals surface area contributed by atoms with Crippen LogP contribution in [0, 0.1) is 19.7 Å². The Morgan fingerprint density at radius 2 is 2.08 bits per heavy atom. The quantitative estimate of drug-likeness (QED) is 0.776. The first-order valence-electron chi connectivity index (χ1n) is 7.54. The number of benzene rings is 2. The lowest BCUT2D eigenvalue weighted by atomic mass is 10.1. The summed E-state index contributed by atoms with van der Waals surface area (Å²) < 4.78 is 15.4. The lowest BCUT2D eigenvalue weighted by Crippen LogP contribution is -2.16. The molecule has 0 bridgehead atoms. The van der Waals surface area contributed by atoms with Crippen LogP contribution in [-0.2, 0) is 11.2 Å². The molecule has 0 aliphatic heterocycles. The molecule has 25 heavy (non-hydrogen) atoms. The molecule has 6 nitrogen and oxygen atoms in total. The molecule has 0 fully saturated rings. The zero-order valence-corrected chi connectivity index (χ0v) is 14.4. The zero-order valence-electron chi connectivity index (χ0n) is 13.6. The van der Waals surface area contributed by atoms with Crippen LogP contribution < -0.4 is 5.32 Å². The van der Waals surface area contributed by atoms with Crippen LogP contribution in [0.25, 0.3) is 5.69 Å². The summed E-state index contributed by atoms with van der Waals surface area (Å²) in [6.07, 6.45) is -0.154. The molecular weight excluding hydrogens is 345 g/mol. The van der Waals surface area contributed by atoms with E-state index in [0.717, 1.165) is 11.3 Å². The van der Waals surface area contributed by atoms with Gasteiger partial charge in [-0.25, -0.2) is 4.39 Å².